The lowest BCUT2D eigenvalue weighted by Gasteiger charge is -2.26. The number of non-ortho nitro benzene ring substituents is 1. The molecule has 3 rings (SSSR count). The zero-order valence-corrected chi connectivity index (χ0v) is 19.9. The summed E-state index contributed by atoms with van der Waals surface area (Å²) in [4.78, 5) is 23.7. The van der Waals surface area contributed by atoms with Crippen LogP contribution in [0.4, 0.5) is 17.1 Å². The number of hydrogen-bond donors (Lipinski definition) is 2. The molecular formula is C22H28N4O7S. The number of nitro benzene ring substituents is 1. The molecule has 1 amide bonds. The van der Waals surface area contributed by atoms with Crippen LogP contribution in [0.25, 0.3) is 0 Å². The van der Waals surface area contributed by atoms with Crippen LogP contribution in [0, 0.1) is 10.1 Å². The van der Waals surface area contributed by atoms with E-state index >= 15 is 0 Å². The van der Waals surface area contributed by atoms with Gasteiger partial charge in [0.05, 0.1) is 24.2 Å². The fourth-order valence-corrected chi connectivity index (χ4v) is 5.37. The van der Waals surface area contributed by atoms with Gasteiger partial charge in [-0.1, -0.05) is 6.42 Å². The molecule has 34 heavy (non-hydrogen) atoms. The maximum Gasteiger partial charge on any atom is 0.270 e. The minimum atomic E-state index is -3.83. The summed E-state index contributed by atoms with van der Waals surface area (Å²) in [7, 11) is -0.916. The highest BCUT2D eigenvalue weighted by atomic mass is 32.2. The van der Waals surface area contributed by atoms with E-state index in [1.807, 2.05) is 0 Å². The van der Waals surface area contributed by atoms with Gasteiger partial charge >= 0.3 is 0 Å². The van der Waals surface area contributed by atoms with Crippen molar-refractivity contribution in [1.29, 1.82) is 0 Å². The van der Waals surface area contributed by atoms with Crippen LogP contribution in [-0.2, 0) is 14.8 Å². The highest BCUT2D eigenvalue weighted by molar-refractivity contribution is 7.89. The highest BCUT2D eigenvalue weighted by Gasteiger charge is 2.29. The van der Waals surface area contributed by atoms with Gasteiger partial charge in [0.2, 0.25) is 10.0 Å². The lowest BCUT2D eigenvalue weighted by Crippen LogP contribution is -2.35. The second-order valence-corrected chi connectivity index (χ2v) is 9.60. The van der Waals surface area contributed by atoms with Crippen LogP contribution in [0.3, 0.4) is 0 Å². The van der Waals surface area contributed by atoms with E-state index in [1.54, 1.807) is 0 Å². The molecule has 0 saturated carbocycles. The number of nitrogens with zero attached hydrogens (tertiary/aromatic N) is 2. The molecule has 1 saturated heterocycles. The topological polar surface area (TPSA) is 140 Å². The number of methoxy groups -OCH3 is 2. The second kappa shape index (κ2) is 11.3. The first-order chi connectivity index (χ1) is 16.3. The third kappa shape index (κ3) is 5.82. The zero-order valence-electron chi connectivity index (χ0n) is 19.1. The van der Waals surface area contributed by atoms with E-state index in [1.165, 1.54) is 54.9 Å². The van der Waals surface area contributed by atoms with Gasteiger partial charge < -0.3 is 20.1 Å². The molecule has 0 spiro atoms. The molecule has 0 unspecified atom stereocenters. The number of hydrogen-bond acceptors (Lipinski definition) is 8. The monoisotopic (exact) mass is 492 g/mol. The third-order valence-corrected chi connectivity index (χ3v) is 7.35. The maximum absolute atomic E-state index is 13.2. The number of nitrogens with one attached hydrogen (secondary N) is 2. The van der Waals surface area contributed by atoms with E-state index in [-0.39, 0.29) is 27.6 Å². The Kier molecular flexibility index (Phi) is 8.42. The van der Waals surface area contributed by atoms with E-state index in [4.69, 9.17) is 9.47 Å². The Morgan fingerprint density at radius 1 is 1.12 bits per heavy atom. The van der Waals surface area contributed by atoms with Crippen molar-refractivity contribution >= 4 is 33.0 Å². The number of rotatable bonds is 10. The van der Waals surface area contributed by atoms with E-state index in [0.717, 1.165) is 19.3 Å². The standard InChI is InChI=1S/C22H28N4O7S/c1-32-13-10-23-19-8-7-17(26(28)29)15-18(19)22(27)24-16-6-9-20(33-2)21(14-16)34(30,31)25-11-4-3-5-12-25/h6-9,14-15,23H,3-5,10-13H2,1-2H3,(H,24,27). The van der Waals surface area contributed by atoms with E-state index in [9.17, 15) is 23.3 Å². The number of anilines is 2. The molecule has 0 radical (unpaired) electrons. The van der Waals surface area contributed by atoms with Crippen LogP contribution in [-0.4, -0.2) is 64.0 Å². The summed E-state index contributed by atoms with van der Waals surface area (Å²) in [6.45, 7) is 1.60. The SMILES string of the molecule is COCCNc1ccc([N+](=O)[O-])cc1C(=O)Nc1ccc(OC)c(S(=O)(=O)N2CCCCC2)c1. The van der Waals surface area contributed by atoms with Gasteiger partial charge in [0, 0.05) is 50.3 Å². The predicted octanol–water partition coefficient (Wildman–Crippen LogP) is 3.09. The minimum Gasteiger partial charge on any atom is -0.495 e. The average molecular weight is 493 g/mol. The predicted molar refractivity (Wildman–Crippen MR) is 127 cm³/mol. The Morgan fingerprint density at radius 3 is 2.50 bits per heavy atom. The number of ether oxygens (including phenoxy) is 2. The molecule has 2 aromatic carbocycles. The number of nitro groups is 1. The number of benzene rings is 2. The fraction of sp³-hybridized carbons (Fsp3) is 0.409. The molecule has 0 atom stereocenters. The van der Waals surface area contributed by atoms with Gasteiger partial charge in [-0.05, 0) is 37.1 Å². The lowest BCUT2D eigenvalue weighted by atomic mass is 10.1. The van der Waals surface area contributed by atoms with E-state index in [2.05, 4.69) is 10.6 Å². The molecule has 1 heterocycles. The number of sulfonamides is 1. The smallest absolute Gasteiger partial charge is 0.270 e. The first-order valence-electron chi connectivity index (χ1n) is 10.8. The highest BCUT2D eigenvalue weighted by Crippen LogP contribution is 2.32. The molecule has 2 aromatic rings. The first-order valence-corrected chi connectivity index (χ1v) is 12.2. The Bertz CT molecular complexity index is 1150. The van der Waals surface area contributed by atoms with Gasteiger partial charge in [-0.3, -0.25) is 14.9 Å². The minimum absolute atomic E-state index is 0.0431. The van der Waals surface area contributed by atoms with E-state index < -0.39 is 20.9 Å². The van der Waals surface area contributed by atoms with Crippen molar-refractivity contribution in [3.05, 3.63) is 52.1 Å². The third-order valence-electron chi connectivity index (χ3n) is 5.43. The molecule has 0 aromatic heterocycles. The number of carbonyl (C=O) groups excluding carboxylic acids is 1. The quantitative estimate of drug-likeness (QED) is 0.293. The summed E-state index contributed by atoms with van der Waals surface area (Å²) < 4.78 is 38.1. The molecular weight excluding hydrogens is 464 g/mol. The Labute approximate surface area is 198 Å². The van der Waals surface area contributed by atoms with Gasteiger partial charge in [-0.15, -0.1) is 0 Å². The molecule has 184 valence electrons. The van der Waals surface area contributed by atoms with Crippen LogP contribution < -0.4 is 15.4 Å². The molecule has 1 aliphatic heterocycles. The van der Waals surface area contributed by atoms with Crippen LogP contribution >= 0.6 is 0 Å². The molecule has 2 N–H and O–H groups in total. The number of piperidine rings is 1. The number of amides is 1. The second-order valence-electron chi connectivity index (χ2n) is 7.69. The first kappa shape index (κ1) is 25.4. The Balaban J connectivity index is 1.92. The molecule has 0 bridgehead atoms. The summed E-state index contributed by atoms with van der Waals surface area (Å²) >= 11 is 0. The molecule has 0 aliphatic carbocycles. The van der Waals surface area contributed by atoms with Crippen LogP contribution in [0.2, 0.25) is 0 Å². The van der Waals surface area contributed by atoms with Gasteiger partial charge in [-0.25, -0.2) is 8.42 Å². The van der Waals surface area contributed by atoms with Crippen LogP contribution in [0.5, 0.6) is 5.75 Å². The van der Waals surface area contributed by atoms with Crippen molar-refractivity contribution in [2.24, 2.45) is 0 Å². The van der Waals surface area contributed by atoms with Crippen molar-refractivity contribution in [1.82, 2.24) is 4.31 Å². The van der Waals surface area contributed by atoms with Crippen LogP contribution in [0.15, 0.2) is 41.3 Å². The average Bonchev–Trinajstić information content (AvgIpc) is 2.84. The van der Waals surface area contributed by atoms with Crippen molar-refractivity contribution < 1.29 is 27.6 Å². The van der Waals surface area contributed by atoms with Crippen molar-refractivity contribution in [2.75, 3.05) is 51.1 Å². The Hall–Kier alpha value is -3.22. The summed E-state index contributed by atoms with van der Waals surface area (Å²) in [6.07, 6.45) is 2.54. The molecule has 1 aliphatic rings. The van der Waals surface area contributed by atoms with Crippen molar-refractivity contribution in [3.8, 4) is 5.75 Å². The van der Waals surface area contributed by atoms with Gasteiger partial charge in [0.15, 0.2) is 0 Å². The molecule has 12 heteroatoms. The van der Waals surface area contributed by atoms with Gasteiger partial charge in [0.1, 0.15) is 10.6 Å². The fourth-order valence-electron chi connectivity index (χ4n) is 3.67. The van der Waals surface area contributed by atoms with Gasteiger partial charge in [0.25, 0.3) is 11.6 Å². The van der Waals surface area contributed by atoms with E-state index in [0.29, 0.717) is 31.9 Å². The summed E-state index contributed by atoms with van der Waals surface area (Å²) in [5, 5.41) is 16.9. The van der Waals surface area contributed by atoms with Crippen LogP contribution in [0.1, 0.15) is 29.6 Å². The van der Waals surface area contributed by atoms with Gasteiger partial charge in [-0.2, -0.15) is 4.31 Å². The largest absolute Gasteiger partial charge is 0.495 e. The summed E-state index contributed by atoms with van der Waals surface area (Å²) in [6, 6.07) is 8.24. The normalized spacial score (nSPS) is 14.4. The lowest BCUT2D eigenvalue weighted by molar-refractivity contribution is -0.384. The maximum atomic E-state index is 13.2. The molecule has 11 nitrogen and oxygen atoms in total. The molecule has 1 fully saturated rings. The Morgan fingerprint density at radius 2 is 1.85 bits per heavy atom. The number of carbonyl (C=O) groups is 1. The summed E-state index contributed by atoms with van der Waals surface area (Å²) in [5.74, 6) is -0.462. The summed E-state index contributed by atoms with van der Waals surface area (Å²) in [5.41, 5.74) is 0.401. The van der Waals surface area contributed by atoms with Crippen molar-refractivity contribution in [2.45, 2.75) is 24.2 Å². The zero-order chi connectivity index (χ0) is 24.7. The van der Waals surface area contributed by atoms with Crippen molar-refractivity contribution in [3.63, 3.8) is 0 Å².